The summed E-state index contributed by atoms with van der Waals surface area (Å²) in [6.45, 7) is 4.62. The van der Waals surface area contributed by atoms with Crippen molar-refractivity contribution in [3.8, 4) is 0 Å². The molecule has 0 aromatic rings. The first-order valence-corrected chi connectivity index (χ1v) is 4.01. The zero-order chi connectivity index (χ0) is 8.43. The first-order chi connectivity index (χ1) is 5.11. The predicted octanol–water partition coefficient (Wildman–Crippen LogP) is 1.23. The number of ketones is 1. The average Bonchev–Trinajstić information content (AvgIpc) is 1.94. The van der Waals surface area contributed by atoms with Crippen LogP contribution in [-0.2, 0) is 4.79 Å². The van der Waals surface area contributed by atoms with Crippen LogP contribution >= 0.6 is 0 Å². The van der Waals surface area contributed by atoms with Crippen molar-refractivity contribution in [1.82, 2.24) is 4.90 Å². The summed E-state index contributed by atoms with van der Waals surface area (Å²) in [5.41, 5.74) is 0.964. The van der Waals surface area contributed by atoms with E-state index < -0.39 is 0 Å². The number of Topliss-reactive ketones (excluding diaryl/α,β-unsaturated/α-hetero) is 1. The van der Waals surface area contributed by atoms with Crippen molar-refractivity contribution in [1.29, 1.82) is 0 Å². The Morgan fingerprint density at radius 3 is 2.82 bits per heavy atom. The highest BCUT2D eigenvalue weighted by Gasteiger charge is 2.17. The Morgan fingerprint density at radius 2 is 2.36 bits per heavy atom. The number of likely N-dealkylation sites (N-methyl/N-ethyl adjacent to an activating group) is 1. The van der Waals surface area contributed by atoms with Crippen LogP contribution in [0.5, 0.6) is 0 Å². The number of carbonyl (C=O) groups excluding carboxylic acids is 1. The summed E-state index contributed by atoms with van der Waals surface area (Å²) >= 11 is 0. The van der Waals surface area contributed by atoms with Crippen molar-refractivity contribution in [2.24, 2.45) is 0 Å². The molecule has 1 atom stereocenters. The van der Waals surface area contributed by atoms with E-state index in [2.05, 4.69) is 24.9 Å². The van der Waals surface area contributed by atoms with E-state index in [4.69, 9.17) is 0 Å². The van der Waals surface area contributed by atoms with E-state index in [1.165, 1.54) is 0 Å². The Balaban J connectivity index is 2.66. The largest absolute Gasteiger partial charge is 0.299 e. The van der Waals surface area contributed by atoms with Crippen LogP contribution in [0.2, 0.25) is 0 Å². The van der Waals surface area contributed by atoms with Crippen molar-refractivity contribution >= 4 is 5.78 Å². The lowest BCUT2D eigenvalue weighted by Crippen LogP contribution is -2.35. The van der Waals surface area contributed by atoms with E-state index in [1.807, 2.05) is 0 Å². The molecule has 1 aliphatic heterocycles. The van der Waals surface area contributed by atoms with Gasteiger partial charge in [0, 0.05) is 18.2 Å². The summed E-state index contributed by atoms with van der Waals surface area (Å²) in [5, 5.41) is 0. The third-order valence-corrected chi connectivity index (χ3v) is 2.33. The Labute approximate surface area is 67.9 Å². The summed E-state index contributed by atoms with van der Waals surface area (Å²) in [6, 6.07) is 0.582. The lowest BCUT2D eigenvalue weighted by Gasteiger charge is -2.28. The molecule has 0 bridgehead atoms. The highest BCUT2D eigenvalue weighted by Crippen LogP contribution is 2.14. The Bertz CT molecular complexity index is 196. The summed E-state index contributed by atoms with van der Waals surface area (Å²) < 4.78 is 0. The SMILES string of the molecule is CC(=O)C1=CC[C@H](C)N(C)C1. The fourth-order valence-electron chi connectivity index (χ4n) is 1.24. The molecule has 1 rings (SSSR count). The highest BCUT2D eigenvalue weighted by atomic mass is 16.1. The second-order valence-corrected chi connectivity index (χ2v) is 3.29. The van der Waals surface area contributed by atoms with E-state index in [1.54, 1.807) is 6.92 Å². The van der Waals surface area contributed by atoms with Crippen LogP contribution in [0.15, 0.2) is 11.6 Å². The van der Waals surface area contributed by atoms with Gasteiger partial charge in [0.1, 0.15) is 0 Å². The molecule has 1 heterocycles. The highest BCUT2D eigenvalue weighted by molar-refractivity contribution is 5.93. The molecular formula is C9H15NO. The summed E-state index contributed by atoms with van der Waals surface area (Å²) in [4.78, 5) is 13.2. The number of carbonyl (C=O) groups is 1. The number of hydrogen-bond acceptors (Lipinski definition) is 2. The molecule has 0 fully saturated rings. The standard InChI is InChI=1S/C9H15NO/c1-7-4-5-9(8(2)11)6-10(7)3/h5,7H,4,6H2,1-3H3/t7-/m0/s1. The smallest absolute Gasteiger partial charge is 0.156 e. The molecule has 0 unspecified atom stereocenters. The lowest BCUT2D eigenvalue weighted by atomic mass is 10.0. The predicted molar refractivity (Wildman–Crippen MR) is 45.5 cm³/mol. The van der Waals surface area contributed by atoms with Crippen LogP contribution in [0.25, 0.3) is 0 Å². The number of rotatable bonds is 1. The van der Waals surface area contributed by atoms with Gasteiger partial charge in [-0.3, -0.25) is 9.69 Å². The number of hydrogen-bond donors (Lipinski definition) is 0. The zero-order valence-electron chi connectivity index (χ0n) is 7.42. The third-order valence-electron chi connectivity index (χ3n) is 2.33. The molecule has 0 radical (unpaired) electrons. The molecule has 2 heteroatoms. The third kappa shape index (κ3) is 1.90. The van der Waals surface area contributed by atoms with Crippen molar-refractivity contribution in [3.63, 3.8) is 0 Å². The molecule has 0 aliphatic carbocycles. The van der Waals surface area contributed by atoms with Crippen molar-refractivity contribution in [2.75, 3.05) is 13.6 Å². The van der Waals surface area contributed by atoms with Crippen molar-refractivity contribution < 1.29 is 4.79 Å². The fourth-order valence-corrected chi connectivity index (χ4v) is 1.24. The minimum absolute atomic E-state index is 0.212. The zero-order valence-corrected chi connectivity index (χ0v) is 7.42. The summed E-state index contributed by atoms with van der Waals surface area (Å²) in [7, 11) is 2.06. The second kappa shape index (κ2) is 3.18. The normalized spacial score (nSPS) is 26.5. The minimum atomic E-state index is 0.212. The van der Waals surface area contributed by atoms with Gasteiger partial charge in [0.25, 0.3) is 0 Å². The molecule has 11 heavy (non-hydrogen) atoms. The average molecular weight is 153 g/mol. The second-order valence-electron chi connectivity index (χ2n) is 3.29. The Morgan fingerprint density at radius 1 is 1.73 bits per heavy atom. The van der Waals surface area contributed by atoms with Gasteiger partial charge in [-0.15, -0.1) is 0 Å². The van der Waals surface area contributed by atoms with Gasteiger partial charge in [-0.2, -0.15) is 0 Å². The van der Waals surface area contributed by atoms with Gasteiger partial charge in [0.05, 0.1) is 0 Å². The molecule has 0 amide bonds. The molecule has 0 aromatic carbocycles. The lowest BCUT2D eigenvalue weighted by molar-refractivity contribution is -0.114. The van der Waals surface area contributed by atoms with Gasteiger partial charge in [-0.1, -0.05) is 6.08 Å². The van der Waals surface area contributed by atoms with Crippen molar-refractivity contribution in [3.05, 3.63) is 11.6 Å². The number of nitrogens with zero attached hydrogens (tertiary/aromatic N) is 1. The fraction of sp³-hybridized carbons (Fsp3) is 0.667. The molecule has 0 saturated heterocycles. The monoisotopic (exact) mass is 153 g/mol. The quantitative estimate of drug-likeness (QED) is 0.564. The van der Waals surface area contributed by atoms with Gasteiger partial charge in [-0.25, -0.2) is 0 Å². The molecule has 0 N–H and O–H groups in total. The van der Waals surface area contributed by atoms with E-state index in [0.29, 0.717) is 6.04 Å². The van der Waals surface area contributed by atoms with E-state index >= 15 is 0 Å². The summed E-state index contributed by atoms with van der Waals surface area (Å²) in [5.74, 6) is 0.212. The molecule has 0 saturated carbocycles. The minimum Gasteiger partial charge on any atom is -0.299 e. The molecule has 62 valence electrons. The van der Waals surface area contributed by atoms with E-state index in [9.17, 15) is 4.79 Å². The molecule has 2 nitrogen and oxygen atoms in total. The van der Waals surface area contributed by atoms with Crippen molar-refractivity contribution in [2.45, 2.75) is 26.3 Å². The topological polar surface area (TPSA) is 20.3 Å². The maximum atomic E-state index is 11.0. The van der Waals surface area contributed by atoms with Gasteiger partial charge >= 0.3 is 0 Å². The molecular weight excluding hydrogens is 138 g/mol. The van der Waals surface area contributed by atoms with Crippen LogP contribution in [0.4, 0.5) is 0 Å². The molecule has 1 aliphatic rings. The van der Waals surface area contributed by atoms with Crippen LogP contribution in [-0.4, -0.2) is 30.3 Å². The maximum Gasteiger partial charge on any atom is 0.156 e. The maximum absolute atomic E-state index is 11.0. The van der Waals surface area contributed by atoms with Gasteiger partial charge in [0.15, 0.2) is 5.78 Å². The Kier molecular flexibility index (Phi) is 2.45. The van der Waals surface area contributed by atoms with Gasteiger partial charge < -0.3 is 0 Å². The van der Waals surface area contributed by atoms with Crippen LogP contribution in [0.3, 0.4) is 0 Å². The van der Waals surface area contributed by atoms with Gasteiger partial charge in [0.2, 0.25) is 0 Å². The van der Waals surface area contributed by atoms with Crippen LogP contribution in [0, 0.1) is 0 Å². The molecule has 0 aromatic heterocycles. The molecule has 0 spiro atoms. The Hall–Kier alpha value is -0.630. The van der Waals surface area contributed by atoms with E-state index in [0.717, 1.165) is 18.5 Å². The summed E-state index contributed by atoms with van der Waals surface area (Å²) in [6.07, 6.45) is 3.07. The first-order valence-electron chi connectivity index (χ1n) is 4.01. The van der Waals surface area contributed by atoms with Crippen LogP contribution in [0.1, 0.15) is 20.3 Å². The van der Waals surface area contributed by atoms with E-state index in [-0.39, 0.29) is 5.78 Å². The van der Waals surface area contributed by atoms with Gasteiger partial charge in [-0.05, 0) is 27.3 Å². The first kappa shape index (κ1) is 8.47. The van der Waals surface area contributed by atoms with Crippen LogP contribution < -0.4 is 0 Å².